The lowest BCUT2D eigenvalue weighted by Crippen LogP contribution is -1.89. The van der Waals surface area contributed by atoms with E-state index in [2.05, 4.69) is 75.6 Å². The molecule has 0 unspecified atom stereocenters. The first kappa shape index (κ1) is 14.3. The molecule has 0 aliphatic carbocycles. The molecule has 4 rings (SSSR count). The predicted molar refractivity (Wildman–Crippen MR) is 96.1 cm³/mol. The van der Waals surface area contributed by atoms with Gasteiger partial charge in [-0.05, 0) is 22.3 Å². The summed E-state index contributed by atoms with van der Waals surface area (Å²) in [7, 11) is 0. The summed E-state index contributed by atoms with van der Waals surface area (Å²) in [5.74, 6) is 0.688. The van der Waals surface area contributed by atoms with Crippen molar-refractivity contribution in [1.29, 1.82) is 0 Å². The highest BCUT2D eigenvalue weighted by atomic mass is 15.0. The zero-order chi connectivity index (χ0) is 16.2. The summed E-state index contributed by atoms with van der Waals surface area (Å²) >= 11 is 0. The minimum atomic E-state index is 0.688. The second-order valence-corrected chi connectivity index (χ2v) is 5.45. The van der Waals surface area contributed by atoms with Crippen molar-refractivity contribution in [2.24, 2.45) is 0 Å². The molecule has 0 bridgehead atoms. The second kappa shape index (κ2) is 6.42. The minimum Gasteiger partial charge on any atom is -0.225 e. The van der Waals surface area contributed by atoms with Crippen LogP contribution in [0.1, 0.15) is 0 Å². The lowest BCUT2D eigenvalue weighted by atomic mass is 9.94. The lowest BCUT2D eigenvalue weighted by molar-refractivity contribution is 1.06. The molecule has 0 N–H and O–H groups in total. The summed E-state index contributed by atoms with van der Waals surface area (Å²) < 4.78 is 0. The smallest absolute Gasteiger partial charge is 0.162 e. The van der Waals surface area contributed by atoms with E-state index in [1.54, 1.807) is 0 Å². The van der Waals surface area contributed by atoms with Crippen molar-refractivity contribution in [1.82, 2.24) is 15.0 Å². The van der Waals surface area contributed by atoms with Crippen molar-refractivity contribution in [3.63, 3.8) is 0 Å². The summed E-state index contributed by atoms with van der Waals surface area (Å²) in [6.07, 6.45) is 3.03. The molecule has 3 heteroatoms. The third-order valence-electron chi connectivity index (χ3n) is 3.96. The fourth-order valence-corrected chi connectivity index (χ4v) is 2.79. The van der Waals surface area contributed by atoms with Crippen LogP contribution in [0.5, 0.6) is 0 Å². The van der Waals surface area contributed by atoms with E-state index >= 15 is 0 Å². The number of rotatable bonds is 3. The van der Waals surface area contributed by atoms with Gasteiger partial charge in [-0.25, -0.2) is 15.0 Å². The molecule has 0 saturated carbocycles. The highest BCUT2D eigenvalue weighted by molar-refractivity contribution is 5.83. The molecular formula is C21H15N3. The van der Waals surface area contributed by atoms with Gasteiger partial charge in [-0.1, -0.05) is 78.9 Å². The molecule has 0 amide bonds. The first-order valence-electron chi connectivity index (χ1n) is 7.79. The standard InChI is InChI=1S/C21H15N3/c1-2-6-16(7-3-1)19-8-4-5-9-20(19)17-10-12-18(13-11-17)21-23-14-22-15-24-21/h1-15H. The average Bonchev–Trinajstić information content (AvgIpc) is 2.69. The minimum absolute atomic E-state index is 0.688. The third kappa shape index (κ3) is 2.79. The molecule has 0 spiro atoms. The first-order valence-corrected chi connectivity index (χ1v) is 7.79. The Balaban J connectivity index is 1.75. The SMILES string of the molecule is c1ccc(-c2ccccc2-c2ccc(-c3ncncn3)cc2)cc1. The Kier molecular flexibility index (Phi) is 3.82. The molecule has 0 atom stereocenters. The number of nitrogens with zero attached hydrogens (tertiary/aromatic N) is 3. The average molecular weight is 309 g/mol. The Hall–Kier alpha value is -3.33. The molecule has 24 heavy (non-hydrogen) atoms. The van der Waals surface area contributed by atoms with Gasteiger partial charge in [-0.3, -0.25) is 0 Å². The van der Waals surface area contributed by atoms with Crippen LogP contribution in [0.25, 0.3) is 33.6 Å². The monoisotopic (exact) mass is 309 g/mol. The van der Waals surface area contributed by atoms with E-state index in [-0.39, 0.29) is 0 Å². The fraction of sp³-hybridized carbons (Fsp3) is 0. The van der Waals surface area contributed by atoms with Crippen molar-refractivity contribution < 1.29 is 0 Å². The normalized spacial score (nSPS) is 10.5. The number of hydrogen-bond acceptors (Lipinski definition) is 3. The number of aromatic nitrogens is 3. The Morgan fingerprint density at radius 2 is 0.958 bits per heavy atom. The Morgan fingerprint density at radius 1 is 0.458 bits per heavy atom. The van der Waals surface area contributed by atoms with E-state index in [4.69, 9.17) is 0 Å². The molecule has 3 aromatic carbocycles. The van der Waals surface area contributed by atoms with Gasteiger partial charge in [0.25, 0.3) is 0 Å². The van der Waals surface area contributed by atoms with Crippen LogP contribution in [0, 0.1) is 0 Å². The van der Waals surface area contributed by atoms with Crippen LogP contribution >= 0.6 is 0 Å². The molecular weight excluding hydrogens is 294 g/mol. The van der Waals surface area contributed by atoms with Crippen LogP contribution in [-0.4, -0.2) is 15.0 Å². The molecule has 0 fully saturated rings. The maximum absolute atomic E-state index is 4.19. The molecule has 4 aromatic rings. The van der Waals surface area contributed by atoms with Crippen LogP contribution in [-0.2, 0) is 0 Å². The number of hydrogen-bond donors (Lipinski definition) is 0. The van der Waals surface area contributed by atoms with Gasteiger partial charge in [-0.15, -0.1) is 0 Å². The first-order chi connectivity index (χ1) is 11.9. The second-order valence-electron chi connectivity index (χ2n) is 5.45. The summed E-state index contributed by atoms with van der Waals surface area (Å²) in [5.41, 5.74) is 5.82. The molecule has 1 heterocycles. The molecule has 1 aromatic heterocycles. The zero-order valence-corrected chi connectivity index (χ0v) is 13.0. The van der Waals surface area contributed by atoms with Crippen molar-refractivity contribution in [3.8, 4) is 33.6 Å². The van der Waals surface area contributed by atoms with E-state index in [1.165, 1.54) is 34.9 Å². The summed E-state index contributed by atoms with van der Waals surface area (Å²) in [4.78, 5) is 12.2. The van der Waals surface area contributed by atoms with Gasteiger partial charge in [0, 0.05) is 5.56 Å². The van der Waals surface area contributed by atoms with Gasteiger partial charge < -0.3 is 0 Å². The van der Waals surface area contributed by atoms with E-state index in [0.29, 0.717) is 5.82 Å². The van der Waals surface area contributed by atoms with E-state index in [0.717, 1.165) is 5.56 Å². The Labute approximate surface area is 140 Å². The van der Waals surface area contributed by atoms with Crippen molar-refractivity contribution in [2.75, 3.05) is 0 Å². The van der Waals surface area contributed by atoms with Gasteiger partial charge >= 0.3 is 0 Å². The lowest BCUT2D eigenvalue weighted by Gasteiger charge is -2.10. The Morgan fingerprint density at radius 3 is 1.58 bits per heavy atom. The van der Waals surface area contributed by atoms with Gasteiger partial charge in [-0.2, -0.15) is 0 Å². The predicted octanol–water partition coefficient (Wildman–Crippen LogP) is 4.87. The topological polar surface area (TPSA) is 38.7 Å². The zero-order valence-electron chi connectivity index (χ0n) is 13.0. The maximum Gasteiger partial charge on any atom is 0.162 e. The quantitative estimate of drug-likeness (QED) is 0.542. The van der Waals surface area contributed by atoms with Crippen LogP contribution in [0.15, 0.2) is 91.5 Å². The maximum atomic E-state index is 4.19. The fourth-order valence-electron chi connectivity index (χ4n) is 2.79. The molecule has 3 nitrogen and oxygen atoms in total. The third-order valence-corrected chi connectivity index (χ3v) is 3.96. The highest BCUT2D eigenvalue weighted by Crippen LogP contribution is 2.32. The van der Waals surface area contributed by atoms with Crippen LogP contribution < -0.4 is 0 Å². The van der Waals surface area contributed by atoms with Crippen molar-refractivity contribution in [3.05, 3.63) is 91.5 Å². The van der Waals surface area contributed by atoms with Gasteiger partial charge in [0.05, 0.1) is 0 Å². The van der Waals surface area contributed by atoms with Gasteiger partial charge in [0.1, 0.15) is 12.7 Å². The highest BCUT2D eigenvalue weighted by Gasteiger charge is 2.07. The van der Waals surface area contributed by atoms with Crippen LogP contribution in [0.4, 0.5) is 0 Å². The van der Waals surface area contributed by atoms with E-state index in [1.807, 2.05) is 18.2 Å². The van der Waals surface area contributed by atoms with Crippen molar-refractivity contribution >= 4 is 0 Å². The summed E-state index contributed by atoms with van der Waals surface area (Å²) in [6, 6.07) is 27.2. The van der Waals surface area contributed by atoms with Gasteiger partial charge in [0.15, 0.2) is 5.82 Å². The van der Waals surface area contributed by atoms with Crippen LogP contribution in [0.3, 0.4) is 0 Å². The van der Waals surface area contributed by atoms with E-state index in [9.17, 15) is 0 Å². The van der Waals surface area contributed by atoms with Gasteiger partial charge in [0.2, 0.25) is 0 Å². The van der Waals surface area contributed by atoms with E-state index < -0.39 is 0 Å². The molecule has 0 radical (unpaired) electrons. The molecule has 114 valence electrons. The summed E-state index contributed by atoms with van der Waals surface area (Å²) in [5, 5.41) is 0. The molecule has 0 aliphatic heterocycles. The largest absolute Gasteiger partial charge is 0.225 e. The number of benzene rings is 3. The summed E-state index contributed by atoms with van der Waals surface area (Å²) in [6.45, 7) is 0. The Bertz CT molecular complexity index is 933. The molecule has 0 saturated heterocycles. The molecule has 0 aliphatic rings. The van der Waals surface area contributed by atoms with Crippen LogP contribution in [0.2, 0.25) is 0 Å². The van der Waals surface area contributed by atoms with Crippen molar-refractivity contribution in [2.45, 2.75) is 0 Å².